The Bertz CT molecular complexity index is 742. The van der Waals surface area contributed by atoms with Crippen LogP contribution in [0.4, 0.5) is 0 Å². The number of amides is 1. The molecule has 0 unspecified atom stereocenters. The van der Waals surface area contributed by atoms with Crippen molar-refractivity contribution >= 4 is 39.1 Å². The number of halogens is 1. The van der Waals surface area contributed by atoms with Crippen molar-refractivity contribution in [2.24, 2.45) is 0 Å². The monoisotopic (exact) mass is 394 g/mol. The molecule has 0 bridgehead atoms. The Labute approximate surface area is 146 Å². The average Bonchev–Trinajstić information content (AvgIpc) is 3.23. The SMILES string of the molecule is O=C(O)CN(C(=O)Cc1csc(-c2cccc(Br)c2)n1)C1CC1. The third-order valence-corrected chi connectivity index (χ3v) is 5.00. The first-order valence-corrected chi connectivity index (χ1v) is 8.92. The topological polar surface area (TPSA) is 70.5 Å². The van der Waals surface area contributed by atoms with Crippen LogP contribution in [0.3, 0.4) is 0 Å². The van der Waals surface area contributed by atoms with Gasteiger partial charge in [0.2, 0.25) is 5.91 Å². The average molecular weight is 395 g/mol. The smallest absolute Gasteiger partial charge is 0.323 e. The fraction of sp³-hybridized carbons (Fsp3) is 0.312. The number of carboxylic acids is 1. The molecule has 1 aliphatic carbocycles. The molecule has 0 aliphatic heterocycles. The van der Waals surface area contributed by atoms with E-state index in [2.05, 4.69) is 20.9 Å². The summed E-state index contributed by atoms with van der Waals surface area (Å²) in [5.74, 6) is -1.14. The van der Waals surface area contributed by atoms with Crippen LogP contribution in [-0.4, -0.2) is 39.5 Å². The maximum atomic E-state index is 12.3. The fourth-order valence-electron chi connectivity index (χ4n) is 2.35. The van der Waals surface area contributed by atoms with Gasteiger partial charge in [-0.25, -0.2) is 4.98 Å². The molecule has 5 nitrogen and oxygen atoms in total. The molecule has 1 aromatic heterocycles. The van der Waals surface area contributed by atoms with Crippen LogP contribution in [0.5, 0.6) is 0 Å². The van der Waals surface area contributed by atoms with E-state index in [0.29, 0.717) is 5.69 Å². The number of hydrogen-bond acceptors (Lipinski definition) is 4. The predicted octanol–water partition coefficient (Wildman–Crippen LogP) is 3.19. The van der Waals surface area contributed by atoms with E-state index in [4.69, 9.17) is 5.11 Å². The Hall–Kier alpha value is -1.73. The van der Waals surface area contributed by atoms with Crippen LogP contribution >= 0.6 is 27.3 Å². The van der Waals surface area contributed by atoms with Gasteiger partial charge in [0, 0.05) is 21.5 Å². The summed E-state index contributed by atoms with van der Waals surface area (Å²) in [6, 6.07) is 7.91. The first-order valence-electron chi connectivity index (χ1n) is 7.24. The van der Waals surface area contributed by atoms with Crippen LogP contribution in [0.25, 0.3) is 10.6 Å². The molecular weight excluding hydrogens is 380 g/mol. The van der Waals surface area contributed by atoms with Crippen LogP contribution in [-0.2, 0) is 16.0 Å². The zero-order chi connectivity index (χ0) is 16.4. The molecule has 0 radical (unpaired) electrons. The Balaban J connectivity index is 1.70. The van der Waals surface area contributed by atoms with Crippen molar-refractivity contribution in [3.8, 4) is 10.6 Å². The lowest BCUT2D eigenvalue weighted by molar-refractivity contribution is -0.144. The second-order valence-corrected chi connectivity index (χ2v) is 7.25. The molecule has 2 aromatic rings. The minimum Gasteiger partial charge on any atom is -0.480 e. The number of carbonyl (C=O) groups is 2. The van der Waals surface area contributed by atoms with Gasteiger partial charge >= 0.3 is 5.97 Å². The summed E-state index contributed by atoms with van der Waals surface area (Å²) in [6.45, 7) is -0.230. The number of rotatable bonds is 6. The van der Waals surface area contributed by atoms with Crippen molar-refractivity contribution in [1.29, 1.82) is 0 Å². The Kier molecular flexibility index (Phi) is 4.77. The zero-order valence-electron chi connectivity index (χ0n) is 12.2. The molecule has 1 fully saturated rings. The highest BCUT2D eigenvalue weighted by atomic mass is 79.9. The van der Waals surface area contributed by atoms with Gasteiger partial charge in [-0.15, -0.1) is 11.3 Å². The van der Waals surface area contributed by atoms with Gasteiger partial charge in [-0.1, -0.05) is 28.1 Å². The van der Waals surface area contributed by atoms with Crippen LogP contribution in [0.15, 0.2) is 34.1 Å². The normalized spacial score (nSPS) is 13.8. The molecule has 23 heavy (non-hydrogen) atoms. The van der Waals surface area contributed by atoms with Crippen LogP contribution in [0, 0.1) is 0 Å². The van der Waals surface area contributed by atoms with Crippen LogP contribution < -0.4 is 0 Å². The molecule has 120 valence electrons. The first kappa shape index (κ1) is 16.1. The minimum atomic E-state index is -0.974. The summed E-state index contributed by atoms with van der Waals surface area (Å²) in [7, 11) is 0. The second kappa shape index (κ2) is 6.80. The highest BCUT2D eigenvalue weighted by molar-refractivity contribution is 9.10. The number of nitrogens with zero attached hydrogens (tertiary/aromatic N) is 2. The molecule has 3 rings (SSSR count). The zero-order valence-corrected chi connectivity index (χ0v) is 14.6. The summed E-state index contributed by atoms with van der Waals surface area (Å²) in [4.78, 5) is 29.2. The van der Waals surface area contributed by atoms with Crippen molar-refractivity contribution < 1.29 is 14.7 Å². The number of carboxylic acid groups (broad SMARTS) is 1. The minimum absolute atomic E-state index is 0.0850. The first-order chi connectivity index (χ1) is 11.0. The number of thiazole rings is 1. The van der Waals surface area contributed by atoms with Gasteiger partial charge in [0.15, 0.2) is 0 Å². The molecular formula is C16H15BrN2O3S. The van der Waals surface area contributed by atoms with E-state index in [0.717, 1.165) is 27.9 Å². The second-order valence-electron chi connectivity index (χ2n) is 5.48. The summed E-state index contributed by atoms with van der Waals surface area (Å²) < 4.78 is 0.976. The van der Waals surface area contributed by atoms with Gasteiger partial charge in [-0.05, 0) is 25.0 Å². The number of carbonyl (C=O) groups excluding carboxylic acids is 1. The van der Waals surface area contributed by atoms with E-state index in [9.17, 15) is 9.59 Å². The molecule has 1 saturated carbocycles. The van der Waals surface area contributed by atoms with Crippen LogP contribution in [0.2, 0.25) is 0 Å². The molecule has 1 aromatic carbocycles. The van der Waals surface area contributed by atoms with Gasteiger partial charge in [-0.2, -0.15) is 0 Å². The van der Waals surface area contributed by atoms with E-state index in [-0.39, 0.29) is 24.9 Å². The molecule has 0 spiro atoms. The standard InChI is InChI=1S/C16H15BrN2O3S/c17-11-3-1-2-10(6-11)16-18-12(9-23-16)7-14(20)19(8-15(21)22)13-4-5-13/h1-3,6,9,13H,4-5,7-8H2,(H,21,22). The molecule has 1 heterocycles. The third kappa shape index (κ3) is 4.17. The molecule has 1 aliphatic rings. The molecule has 1 amide bonds. The van der Waals surface area contributed by atoms with Gasteiger partial charge in [0.25, 0.3) is 0 Å². The highest BCUT2D eigenvalue weighted by Crippen LogP contribution is 2.29. The van der Waals surface area contributed by atoms with Crippen molar-refractivity contribution in [2.45, 2.75) is 25.3 Å². The lowest BCUT2D eigenvalue weighted by Gasteiger charge is -2.19. The van der Waals surface area contributed by atoms with Crippen molar-refractivity contribution in [3.63, 3.8) is 0 Å². The quantitative estimate of drug-likeness (QED) is 0.816. The van der Waals surface area contributed by atoms with E-state index in [1.165, 1.54) is 16.2 Å². The third-order valence-electron chi connectivity index (χ3n) is 3.57. The maximum Gasteiger partial charge on any atom is 0.323 e. The predicted molar refractivity (Wildman–Crippen MR) is 91.3 cm³/mol. The van der Waals surface area contributed by atoms with Crippen molar-refractivity contribution in [2.75, 3.05) is 6.54 Å². The number of aromatic nitrogens is 1. The summed E-state index contributed by atoms with van der Waals surface area (Å²) in [6.07, 6.45) is 1.92. The Morgan fingerprint density at radius 1 is 1.39 bits per heavy atom. The molecule has 0 atom stereocenters. The molecule has 1 N–H and O–H groups in total. The number of hydrogen-bond donors (Lipinski definition) is 1. The van der Waals surface area contributed by atoms with Gasteiger partial charge < -0.3 is 10.0 Å². The lowest BCUT2D eigenvalue weighted by atomic mass is 10.2. The number of aliphatic carboxylic acids is 1. The summed E-state index contributed by atoms with van der Waals surface area (Å²) >= 11 is 4.92. The number of benzene rings is 1. The Morgan fingerprint density at radius 2 is 2.17 bits per heavy atom. The largest absolute Gasteiger partial charge is 0.480 e. The molecule has 0 saturated heterocycles. The summed E-state index contributed by atoms with van der Waals surface area (Å²) in [5, 5.41) is 11.7. The lowest BCUT2D eigenvalue weighted by Crippen LogP contribution is -2.38. The highest BCUT2D eigenvalue weighted by Gasteiger charge is 2.33. The van der Waals surface area contributed by atoms with E-state index < -0.39 is 5.97 Å². The van der Waals surface area contributed by atoms with Gasteiger partial charge in [-0.3, -0.25) is 9.59 Å². The molecule has 7 heteroatoms. The maximum absolute atomic E-state index is 12.3. The van der Waals surface area contributed by atoms with Crippen molar-refractivity contribution in [1.82, 2.24) is 9.88 Å². The van der Waals surface area contributed by atoms with E-state index in [1.54, 1.807) is 0 Å². The van der Waals surface area contributed by atoms with E-state index >= 15 is 0 Å². The fourth-order valence-corrected chi connectivity index (χ4v) is 3.57. The van der Waals surface area contributed by atoms with Crippen LogP contribution in [0.1, 0.15) is 18.5 Å². The summed E-state index contributed by atoms with van der Waals surface area (Å²) in [5.41, 5.74) is 1.68. The van der Waals surface area contributed by atoms with Gasteiger partial charge in [0.05, 0.1) is 12.1 Å². The Morgan fingerprint density at radius 3 is 2.83 bits per heavy atom. The van der Waals surface area contributed by atoms with Gasteiger partial charge in [0.1, 0.15) is 11.6 Å². The van der Waals surface area contributed by atoms with Crippen molar-refractivity contribution in [3.05, 3.63) is 39.8 Å². The van der Waals surface area contributed by atoms with E-state index in [1.807, 2.05) is 29.6 Å².